The Morgan fingerprint density at radius 2 is 1.92 bits per heavy atom. The maximum atomic E-state index is 13.5. The van der Waals surface area contributed by atoms with Gasteiger partial charge in [0.15, 0.2) is 0 Å². The summed E-state index contributed by atoms with van der Waals surface area (Å²) < 4.78 is 13.5. The van der Waals surface area contributed by atoms with Crippen molar-refractivity contribution in [3.05, 3.63) is 81.4 Å². The van der Waals surface area contributed by atoms with Crippen LogP contribution in [-0.2, 0) is 17.8 Å². The fourth-order valence-corrected chi connectivity index (χ4v) is 2.73. The van der Waals surface area contributed by atoms with Crippen LogP contribution >= 0.6 is 0 Å². The number of hydrogen-bond donors (Lipinski definition) is 2. The molecule has 5 heteroatoms. The monoisotopic (exact) mass is 338 g/mol. The van der Waals surface area contributed by atoms with Gasteiger partial charge in [-0.2, -0.15) is 0 Å². The number of pyridine rings is 1. The number of aromatic nitrogens is 1. The Bertz CT molecular complexity index is 979. The number of carbonyl (C=O) groups excluding carboxylic acids is 1. The zero-order valence-corrected chi connectivity index (χ0v) is 13.9. The molecule has 3 rings (SSSR count). The lowest BCUT2D eigenvalue weighted by Crippen LogP contribution is -2.27. The van der Waals surface area contributed by atoms with E-state index < -0.39 is 0 Å². The minimum atomic E-state index is -0.309. The molecule has 1 aromatic heterocycles. The van der Waals surface area contributed by atoms with E-state index in [-0.39, 0.29) is 30.2 Å². The second-order valence-electron chi connectivity index (χ2n) is 6.08. The second-order valence-corrected chi connectivity index (χ2v) is 6.08. The van der Waals surface area contributed by atoms with Crippen LogP contribution in [0, 0.1) is 12.7 Å². The molecule has 0 aliphatic heterocycles. The zero-order valence-electron chi connectivity index (χ0n) is 13.9. The molecule has 0 fully saturated rings. The number of hydrogen-bond acceptors (Lipinski definition) is 2. The summed E-state index contributed by atoms with van der Waals surface area (Å²) in [6.45, 7) is 2.13. The summed E-state index contributed by atoms with van der Waals surface area (Å²) in [7, 11) is 0. The number of carbonyl (C=O) groups is 1. The van der Waals surface area contributed by atoms with Crippen molar-refractivity contribution in [3.8, 4) is 0 Å². The van der Waals surface area contributed by atoms with Crippen molar-refractivity contribution in [2.24, 2.45) is 0 Å². The van der Waals surface area contributed by atoms with Gasteiger partial charge >= 0.3 is 0 Å². The largest absolute Gasteiger partial charge is 0.352 e. The first-order valence-corrected chi connectivity index (χ1v) is 8.15. The number of aromatic amines is 1. The van der Waals surface area contributed by atoms with Crippen molar-refractivity contribution in [1.29, 1.82) is 0 Å². The van der Waals surface area contributed by atoms with Crippen LogP contribution in [0.5, 0.6) is 0 Å². The third-order valence-electron chi connectivity index (χ3n) is 4.13. The van der Waals surface area contributed by atoms with Crippen LogP contribution in [-0.4, -0.2) is 10.9 Å². The Balaban J connectivity index is 1.64. The number of nitrogens with one attached hydrogen (secondary N) is 2. The summed E-state index contributed by atoms with van der Waals surface area (Å²) in [5, 5.41) is 3.65. The van der Waals surface area contributed by atoms with Crippen molar-refractivity contribution in [1.82, 2.24) is 10.3 Å². The fraction of sp³-hybridized carbons (Fsp3) is 0.200. The van der Waals surface area contributed by atoms with E-state index in [1.54, 1.807) is 24.3 Å². The maximum Gasteiger partial charge on any atom is 0.253 e. The number of H-pyrrole nitrogens is 1. The molecule has 2 N–H and O–H groups in total. The fourth-order valence-electron chi connectivity index (χ4n) is 2.73. The number of rotatable bonds is 5. The highest BCUT2D eigenvalue weighted by Crippen LogP contribution is 2.13. The van der Waals surface area contributed by atoms with Crippen LogP contribution in [0.25, 0.3) is 10.9 Å². The molecule has 2 aromatic carbocycles. The number of fused-ring (bicyclic) bond motifs is 1. The van der Waals surface area contributed by atoms with Crippen molar-refractivity contribution in [3.63, 3.8) is 0 Å². The predicted octanol–water partition coefficient (Wildman–Crippen LogP) is 3.22. The van der Waals surface area contributed by atoms with Gasteiger partial charge in [-0.05, 0) is 48.6 Å². The minimum Gasteiger partial charge on any atom is -0.352 e. The van der Waals surface area contributed by atoms with Crippen molar-refractivity contribution in [2.45, 2.75) is 26.3 Å². The van der Waals surface area contributed by atoms with Crippen molar-refractivity contribution < 1.29 is 9.18 Å². The second kappa shape index (κ2) is 7.30. The van der Waals surface area contributed by atoms with Gasteiger partial charge in [0.2, 0.25) is 5.91 Å². The maximum absolute atomic E-state index is 13.5. The Hall–Kier alpha value is -2.95. The van der Waals surface area contributed by atoms with E-state index in [1.807, 2.05) is 25.1 Å². The van der Waals surface area contributed by atoms with Gasteiger partial charge in [-0.3, -0.25) is 9.59 Å². The molecule has 0 bridgehead atoms. The number of amides is 1. The Kier molecular flexibility index (Phi) is 4.93. The summed E-state index contributed by atoms with van der Waals surface area (Å²) in [5.74, 6) is -0.524. The van der Waals surface area contributed by atoms with Crippen LogP contribution in [0.3, 0.4) is 0 Å². The summed E-state index contributed by atoms with van der Waals surface area (Å²) in [6.07, 6.45) is 0.497. The molecule has 1 amide bonds. The van der Waals surface area contributed by atoms with Gasteiger partial charge in [0.25, 0.3) is 5.56 Å². The van der Waals surface area contributed by atoms with Gasteiger partial charge in [-0.25, -0.2) is 4.39 Å². The number of aryl methyl sites for hydroxylation is 2. The Morgan fingerprint density at radius 3 is 2.72 bits per heavy atom. The minimum absolute atomic E-state index is 0.148. The van der Waals surface area contributed by atoms with Gasteiger partial charge in [-0.15, -0.1) is 0 Å². The van der Waals surface area contributed by atoms with Crippen LogP contribution in [0.15, 0.2) is 53.3 Å². The zero-order chi connectivity index (χ0) is 17.8. The first-order chi connectivity index (χ1) is 12.0. The SMILES string of the molecule is Cc1ccc2[nH]c(=O)c(CNC(=O)CCc3ccccc3F)cc2c1. The van der Waals surface area contributed by atoms with E-state index in [0.717, 1.165) is 16.5 Å². The normalized spacial score (nSPS) is 10.8. The molecule has 0 radical (unpaired) electrons. The summed E-state index contributed by atoms with van der Waals surface area (Å²) in [6, 6.07) is 14.0. The van der Waals surface area contributed by atoms with E-state index in [2.05, 4.69) is 10.3 Å². The topological polar surface area (TPSA) is 62.0 Å². The lowest BCUT2D eigenvalue weighted by atomic mass is 10.1. The lowest BCUT2D eigenvalue weighted by Gasteiger charge is -2.07. The highest BCUT2D eigenvalue weighted by Gasteiger charge is 2.08. The Labute approximate surface area is 144 Å². The van der Waals surface area contributed by atoms with E-state index in [9.17, 15) is 14.0 Å². The third-order valence-corrected chi connectivity index (χ3v) is 4.13. The molecule has 0 atom stereocenters. The molecule has 0 aliphatic rings. The van der Waals surface area contributed by atoms with Gasteiger partial charge < -0.3 is 10.3 Å². The molecule has 1 heterocycles. The molecule has 0 spiro atoms. The van der Waals surface area contributed by atoms with Crippen molar-refractivity contribution >= 4 is 16.8 Å². The average Bonchev–Trinajstić information content (AvgIpc) is 2.59. The highest BCUT2D eigenvalue weighted by molar-refractivity contribution is 5.80. The van der Waals surface area contributed by atoms with Crippen molar-refractivity contribution in [2.75, 3.05) is 0 Å². The molecule has 0 aliphatic carbocycles. The molecule has 128 valence electrons. The highest BCUT2D eigenvalue weighted by atomic mass is 19.1. The molecular weight excluding hydrogens is 319 g/mol. The molecule has 0 unspecified atom stereocenters. The number of halogens is 1. The van der Waals surface area contributed by atoms with E-state index in [0.29, 0.717) is 17.5 Å². The Morgan fingerprint density at radius 1 is 1.12 bits per heavy atom. The van der Waals surface area contributed by atoms with Crippen LogP contribution in [0.2, 0.25) is 0 Å². The third kappa shape index (κ3) is 4.12. The lowest BCUT2D eigenvalue weighted by molar-refractivity contribution is -0.121. The van der Waals surface area contributed by atoms with E-state index >= 15 is 0 Å². The standard InChI is InChI=1S/C20H19FN2O2/c1-13-6-8-18-15(10-13)11-16(20(25)23-18)12-22-19(24)9-7-14-4-2-3-5-17(14)21/h2-6,8,10-11H,7,9,12H2,1H3,(H,22,24)(H,23,25). The molecule has 4 nitrogen and oxygen atoms in total. The first kappa shape index (κ1) is 16.9. The molecule has 0 saturated carbocycles. The molecular formula is C20H19FN2O2. The van der Waals surface area contributed by atoms with Crippen LogP contribution in [0.1, 0.15) is 23.1 Å². The number of benzene rings is 2. The molecule has 3 aromatic rings. The van der Waals surface area contributed by atoms with E-state index in [4.69, 9.17) is 0 Å². The van der Waals surface area contributed by atoms with Gasteiger partial charge in [0.1, 0.15) is 5.82 Å². The predicted molar refractivity (Wildman–Crippen MR) is 95.9 cm³/mol. The summed E-state index contributed by atoms with van der Waals surface area (Å²) in [4.78, 5) is 26.9. The van der Waals surface area contributed by atoms with Gasteiger partial charge in [0.05, 0.1) is 0 Å². The quantitative estimate of drug-likeness (QED) is 0.750. The molecule has 0 saturated heterocycles. The smallest absolute Gasteiger partial charge is 0.253 e. The van der Waals surface area contributed by atoms with Crippen LogP contribution in [0.4, 0.5) is 4.39 Å². The van der Waals surface area contributed by atoms with Gasteiger partial charge in [0, 0.05) is 24.0 Å². The van der Waals surface area contributed by atoms with E-state index in [1.165, 1.54) is 6.07 Å². The first-order valence-electron chi connectivity index (χ1n) is 8.15. The average molecular weight is 338 g/mol. The van der Waals surface area contributed by atoms with Crippen LogP contribution < -0.4 is 10.9 Å². The molecule has 25 heavy (non-hydrogen) atoms. The summed E-state index contributed by atoms with van der Waals surface area (Å²) >= 11 is 0. The summed E-state index contributed by atoms with van der Waals surface area (Å²) in [5.41, 5.74) is 2.66. The van der Waals surface area contributed by atoms with Gasteiger partial charge in [-0.1, -0.05) is 29.8 Å².